The molecule has 3 aromatic heterocycles. The summed E-state index contributed by atoms with van der Waals surface area (Å²) in [6.45, 7) is 6.06. The highest BCUT2D eigenvalue weighted by molar-refractivity contribution is 7.13. The van der Waals surface area contributed by atoms with E-state index in [-0.39, 0.29) is 0 Å². The molecule has 1 aliphatic rings. The molecule has 1 aliphatic heterocycles. The van der Waals surface area contributed by atoms with E-state index in [2.05, 4.69) is 69.6 Å². The van der Waals surface area contributed by atoms with Crippen molar-refractivity contribution in [3.8, 4) is 10.6 Å². The van der Waals surface area contributed by atoms with Gasteiger partial charge in [-0.05, 0) is 42.1 Å². The van der Waals surface area contributed by atoms with Crippen molar-refractivity contribution in [1.29, 1.82) is 0 Å². The maximum absolute atomic E-state index is 4.73. The van der Waals surface area contributed by atoms with E-state index in [0.29, 0.717) is 0 Å². The highest BCUT2D eigenvalue weighted by Crippen LogP contribution is 2.28. The summed E-state index contributed by atoms with van der Waals surface area (Å²) >= 11 is 1.72. The number of piperazine rings is 1. The summed E-state index contributed by atoms with van der Waals surface area (Å²) in [6, 6.07) is 15.1. The Morgan fingerprint density at radius 2 is 1.81 bits per heavy atom. The third-order valence-electron chi connectivity index (χ3n) is 5.09. The normalized spacial score (nSPS) is 14.9. The number of fused-ring (bicyclic) bond motifs is 1. The molecule has 0 aliphatic carbocycles. The molecule has 4 heterocycles. The summed E-state index contributed by atoms with van der Waals surface area (Å²) in [5.74, 6) is 1.02. The lowest BCUT2D eigenvalue weighted by molar-refractivity contribution is 0.647. The SMILES string of the molecule is Cc1cccc(N2CCN(c3nccn4nc(-c5cccs5)cc34)CC2)c1. The van der Waals surface area contributed by atoms with Crippen molar-refractivity contribution >= 4 is 28.4 Å². The predicted molar refractivity (Wildman–Crippen MR) is 112 cm³/mol. The molecule has 5 nitrogen and oxygen atoms in total. The molecule has 5 rings (SSSR count). The first-order valence-corrected chi connectivity index (χ1v) is 10.1. The number of thiophene rings is 1. The minimum atomic E-state index is 0.958. The molecule has 0 N–H and O–H groups in total. The summed E-state index contributed by atoms with van der Waals surface area (Å²) in [5.41, 5.74) is 4.70. The van der Waals surface area contributed by atoms with Crippen LogP contribution in [-0.2, 0) is 0 Å². The molecule has 0 radical (unpaired) electrons. The van der Waals surface area contributed by atoms with Crippen molar-refractivity contribution < 1.29 is 0 Å². The smallest absolute Gasteiger partial charge is 0.154 e. The number of anilines is 2. The van der Waals surface area contributed by atoms with Gasteiger partial charge in [0.05, 0.1) is 4.88 Å². The number of aromatic nitrogens is 3. The lowest BCUT2D eigenvalue weighted by Gasteiger charge is -2.37. The van der Waals surface area contributed by atoms with Crippen LogP contribution in [0.3, 0.4) is 0 Å². The summed E-state index contributed by atoms with van der Waals surface area (Å²) in [4.78, 5) is 10.7. The Morgan fingerprint density at radius 1 is 0.963 bits per heavy atom. The second-order valence-electron chi connectivity index (χ2n) is 6.90. The number of rotatable bonds is 3. The van der Waals surface area contributed by atoms with Gasteiger partial charge in [-0.15, -0.1) is 11.3 Å². The lowest BCUT2D eigenvalue weighted by atomic mass is 10.2. The van der Waals surface area contributed by atoms with Crippen molar-refractivity contribution in [2.24, 2.45) is 0 Å². The molecule has 6 heteroatoms. The van der Waals surface area contributed by atoms with E-state index < -0.39 is 0 Å². The standard InChI is InChI=1S/C21H21N5S/c1-16-4-2-5-17(14-16)24-9-11-25(12-10-24)21-19-15-18(20-6-3-13-27-20)23-26(19)8-7-22-21/h2-8,13-15H,9-12H2,1H3. The summed E-state index contributed by atoms with van der Waals surface area (Å²) in [7, 11) is 0. The van der Waals surface area contributed by atoms with Gasteiger partial charge in [0.15, 0.2) is 5.82 Å². The van der Waals surface area contributed by atoms with Crippen LogP contribution < -0.4 is 9.80 Å². The molecular weight excluding hydrogens is 354 g/mol. The Morgan fingerprint density at radius 3 is 2.59 bits per heavy atom. The van der Waals surface area contributed by atoms with Gasteiger partial charge in [0, 0.05) is 44.3 Å². The molecule has 0 bridgehead atoms. The Balaban J connectivity index is 1.40. The fourth-order valence-corrected chi connectivity index (χ4v) is 4.38. The van der Waals surface area contributed by atoms with Crippen molar-refractivity contribution in [3.63, 3.8) is 0 Å². The van der Waals surface area contributed by atoms with Crippen molar-refractivity contribution in [2.45, 2.75) is 6.92 Å². The molecule has 1 saturated heterocycles. The molecule has 4 aromatic rings. The van der Waals surface area contributed by atoms with E-state index in [4.69, 9.17) is 5.10 Å². The second-order valence-corrected chi connectivity index (χ2v) is 7.85. The molecule has 1 aromatic carbocycles. The zero-order valence-corrected chi connectivity index (χ0v) is 16.1. The minimum absolute atomic E-state index is 0.958. The molecule has 0 saturated carbocycles. The molecule has 136 valence electrons. The maximum atomic E-state index is 4.73. The van der Waals surface area contributed by atoms with Crippen LogP contribution in [-0.4, -0.2) is 40.8 Å². The summed E-state index contributed by atoms with van der Waals surface area (Å²) in [6.07, 6.45) is 3.78. The minimum Gasteiger partial charge on any atom is -0.368 e. The zero-order valence-electron chi connectivity index (χ0n) is 15.2. The fraction of sp³-hybridized carbons (Fsp3) is 0.238. The summed E-state index contributed by atoms with van der Waals surface area (Å²) < 4.78 is 1.95. The second kappa shape index (κ2) is 6.70. The van der Waals surface area contributed by atoms with Gasteiger partial charge in [-0.2, -0.15) is 5.10 Å². The quantitative estimate of drug-likeness (QED) is 0.540. The highest BCUT2D eigenvalue weighted by Gasteiger charge is 2.21. The lowest BCUT2D eigenvalue weighted by Crippen LogP contribution is -2.47. The first-order chi connectivity index (χ1) is 13.3. The summed E-state index contributed by atoms with van der Waals surface area (Å²) in [5, 5.41) is 6.82. The largest absolute Gasteiger partial charge is 0.368 e. The predicted octanol–water partition coefficient (Wildman–Crippen LogP) is 4.09. The average Bonchev–Trinajstić information content (AvgIpc) is 3.37. The fourth-order valence-electron chi connectivity index (χ4n) is 3.70. The third-order valence-corrected chi connectivity index (χ3v) is 5.98. The Bertz CT molecular complexity index is 1060. The van der Waals surface area contributed by atoms with Gasteiger partial charge in [0.25, 0.3) is 0 Å². The van der Waals surface area contributed by atoms with E-state index in [1.807, 2.05) is 16.9 Å². The monoisotopic (exact) mass is 375 g/mol. The Labute approximate surface area is 162 Å². The van der Waals surface area contributed by atoms with E-state index in [9.17, 15) is 0 Å². The number of benzene rings is 1. The van der Waals surface area contributed by atoms with E-state index in [1.54, 1.807) is 11.3 Å². The van der Waals surface area contributed by atoms with Crippen molar-refractivity contribution in [2.75, 3.05) is 36.0 Å². The highest BCUT2D eigenvalue weighted by atomic mass is 32.1. The van der Waals surface area contributed by atoms with Crippen LogP contribution in [0.4, 0.5) is 11.5 Å². The topological polar surface area (TPSA) is 36.7 Å². The number of aryl methyl sites for hydroxylation is 1. The molecule has 27 heavy (non-hydrogen) atoms. The molecular formula is C21H21N5S. The van der Waals surface area contributed by atoms with Crippen molar-refractivity contribution in [1.82, 2.24) is 14.6 Å². The van der Waals surface area contributed by atoms with Gasteiger partial charge >= 0.3 is 0 Å². The third kappa shape index (κ3) is 3.06. The van der Waals surface area contributed by atoms with Gasteiger partial charge < -0.3 is 9.80 Å². The molecule has 0 spiro atoms. The maximum Gasteiger partial charge on any atom is 0.154 e. The van der Waals surface area contributed by atoms with Crippen LogP contribution in [0.25, 0.3) is 16.1 Å². The van der Waals surface area contributed by atoms with E-state index in [1.165, 1.54) is 16.1 Å². The first kappa shape index (κ1) is 16.3. The molecule has 0 amide bonds. The number of nitrogens with zero attached hydrogens (tertiary/aromatic N) is 5. The van der Waals surface area contributed by atoms with Crippen LogP contribution in [0.5, 0.6) is 0 Å². The Kier molecular flexibility index (Phi) is 4.05. The first-order valence-electron chi connectivity index (χ1n) is 9.23. The van der Waals surface area contributed by atoms with Crippen LogP contribution in [0.1, 0.15) is 5.56 Å². The van der Waals surface area contributed by atoms with Gasteiger partial charge in [-0.25, -0.2) is 9.50 Å². The van der Waals surface area contributed by atoms with Crippen LogP contribution in [0.15, 0.2) is 60.2 Å². The van der Waals surface area contributed by atoms with Crippen LogP contribution in [0, 0.1) is 6.92 Å². The van der Waals surface area contributed by atoms with Gasteiger partial charge in [-0.3, -0.25) is 0 Å². The number of hydrogen-bond donors (Lipinski definition) is 0. The average molecular weight is 376 g/mol. The van der Waals surface area contributed by atoms with Crippen LogP contribution >= 0.6 is 11.3 Å². The molecule has 0 unspecified atom stereocenters. The van der Waals surface area contributed by atoms with E-state index in [0.717, 1.165) is 43.2 Å². The number of hydrogen-bond acceptors (Lipinski definition) is 5. The van der Waals surface area contributed by atoms with Gasteiger partial charge in [0.2, 0.25) is 0 Å². The van der Waals surface area contributed by atoms with Gasteiger partial charge in [-0.1, -0.05) is 18.2 Å². The molecule has 1 fully saturated rings. The Hall–Kier alpha value is -2.86. The zero-order chi connectivity index (χ0) is 18.2. The van der Waals surface area contributed by atoms with Crippen molar-refractivity contribution in [3.05, 3.63) is 65.8 Å². The van der Waals surface area contributed by atoms with Crippen LogP contribution in [0.2, 0.25) is 0 Å². The van der Waals surface area contributed by atoms with Gasteiger partial charge in [0.1, 0.15) is 11.2 Å². The molecule has 0 atom stereocenters. The van der Waals surface area contributed by atoms with E-state index >= 15 is 0 Å².